The molecule has 9 heteroatoms. The van der Waals surface area contributed by atoms with E-state index >= 15 is 0 Å². The molecular formula is C17H18N3O5P. The highest BCUT2D eigenvalue weighted by Gasteiger charge is 2.21. The summed E-state index contributed by atoms with van der Waals surface area (Å²) in [6.07, 6.45) is 0. The fourth-order valence-electron chi connectivity index (χ4n) is 2.54. The summed E-state index contributed by atoms with van der Waals surface area (Å²) >= 11 is 0. The normalized spacial score (nSPS) is 11.4. The van der Waals surface area contributed by atoms with Gasteiger partial charge in [-0.15, -0.1) is 0 Å². The van der Waals surface area contributed by atoms with Crippen LogP contribution in [0.4, 0.5) is 5.82 Å². The Morgan fingerprint density at radius 2 is 1.81 bits per heavy atom. The number of phosphoric ester groups is 1. The van der Waals surface area contributed by atoms with Gasteiger partial charge in [0.1, 0.15) is 17.3 Å². The Morgan fingerprint density at radius 1 is 1.08 bits per heavy atom. The first-order chi connectivity index (χ1) is 12.3. The lowest BCUT2D eigenvalue weighted by molar-refractivity contribution is 0.283. The minimum atomic E-state index is -4.71. The molecule has 0 bridgehead atoms. The average molecular weight is 375 g/mol. The quantitative estimate of drug-likeness (QED) is 0.656. The van der Waals surface area contributed by atoms with Crippen LogP contribution in [0.15, 0.2) is 42.5 Å². The number of fused-ring (bicyclic) bond motifs is 1. The first-order valence-electron chi connectivity index (χ1n) is 7.66. The molecule has 0 amide bonds. The Morgan fingerprint density at radius 3 is 2.46 bits per heavy atom. The summed E-state index contributed by atoms with van der Waals surface area (Å²) in [7, 11) is 0.578. The van der Waals surface area contributed by atoms with Gasteiger partial charge < -0.3 is 14.2 Å². The van der Waals surface area contributed by atoms with Gasteiger partial charge in [-0.2, -0.15) is 0 Å². The van der Waals surface area contributed by atoms with Gasteiger partial charge in [-0.05, 0) is 30.3 Å². The fraction of sp³-hybridized carbons (Fsp3) is 0.176. The molecule has 1 heterocycles. The highest BCUT2D eigenvalue weighted by molar-refractivity contribution is 7.46. The van der Waals surface area contributed by atoms with Crippen molar-refractivity contribution in [3.63, 3.8) is 0 Å². The maximum atomic E-state index is 11.3. The van der Waals surface area contributed by atoms with Gasteiger partial charge in [0.2, 0.25) is 0 Å². The third kappa shape index (κ3) is 3.77. The Bertz CT molecular complexity index is 1000. The summed E-state index contributed by atoms with van der Waals surface area (Å²) in [6.45, 7) is 0. The van der Waals surface area contributed by atoms with Gasteiger partial charge in [-0.3, -0.25) is 9.79 Å². The number of ether oxygens (including phenoxy) is 1. The molecule has 0 aliphatic rings. The molecule has 3 rings (SSSR count). The Balaban J connectivity index is 2.22. The Kier molecular flexibility index (Phi) is 4.82. The smallest absolute Gasteiger partial charge is 0.497 e. The van der Waals surface area contributed by atoms with E-state index in [1.54, 1.807) is 37.4 Å². The van der Waals surface area contributed by atoms with Crippen molar-refractivity contribution in [2.24, 2.45) is 0 Å². The summed E-state index contributed by atoms with van der Waals surface area (Å²) in [6, 6.07) is 11.9. The minimum Gasteiger partial charge on any atom is -0.497 e. The largest absolute Gasteiger partial charge is 0.524 e. The average Bonchev–Trinajstić information content (AvgIpc) is 2.59. The maximum absolute atomic E-state index is 11.3. The molecule has 0 radical (unpaired) electrons. The summed E-state index contributed by atoms with van der Waals surface area (Å²) in [5.41, 5.74) is 1.06. The molecular weight excluding hydrogens is 357 g/mol. The van der Waals surface area contributed by atoms with Gasteiger partial charge in [-0.1, -0.05) is 12.1 Å². The number of phosphoric acid groups is 1. The van der Waals surface area contributed by atoms with Crippen molar-refractivity contribution < 1.29 is 23.6 Å². The fourth-order valence-corrected chi connectivity index (χ4v) is 2.95. The van der Waals surface area contributed by atoms with Crippen LogP contribution in [0.5, 0.6) is 11.5 Å². The van der Waals surface area contributed by atoms with Crippen LogP contribution in [0.25, 0.3) is 22.3 Å². The van der Waals surface area contributed by atoms with Crippen molar-refractivity contribution in [1.29, 1.82) is 0 Å². The number of aromatic nitrogens is 2. The molecule has 136 valence electrons. The molecule has 0 fully saturated rings. The summed E-state index contributed by atoms with van der Waals surface area (Å²) in [4.78, 5) is 29.2. The molecule has 0 aliphatic heterocycles. The summed E-state index contributed by atoms with van der Waals surface area (Å²) < 4.78 is 21.3. The lowest BCUT2D eigenvalue weighted by Gasteiger charge is -2.17. The van der Waals surface area contributed by atoms with Gasteiger partial charge in [0.25, 0.3) is 0 Å². The van der Waals surface area contributed by atoms with Crippen molar-refractivity contribution in [1.82, 2.24) is 9.97 Å². The number of rotatable bonds is 5. The number of anilines is 1. The first kappa shape index (κ1) is 18.1. The zero-order chi connectivity index (χ0) is 18.9. The number of para-hydroxylation sites is 1. The highest BCUT2D eigenvalue weighted by Crippen LogP contribution is 2.42. The van der Waals surface area contributed by atoms with Crippen molar-refractivity contribution in [2.45, 2.75) is 0 Å². The molecule has 0 aliphatic carbocycles. The third-order valence-corrected chi connectivity index (χ3v) is 4.09. The number of methoxy groups -OCH3 is 1. The second-order valence-electron chi connectivity index (χ2n) is 5.73. The van der Waals surface area contributed by atoms with Gasteiger partial charge in [-0.25, -0.2) is 14.5 Å². The molecule has 0 saturated carbocycles. The Hall–Kier alpha value is -2.67. The van der Waals surface area contributed by atoms with Crippen LogP contribution in [0.2, 0.25) is 0 Å². The standard InChI is InChI=1S/C17H18N3O5P/c1-20(2)17-13-10-11(24-3)8-9-14(13)18-16(19-17)12-6-4-5-7-15(12)25-26(21,22)23/h4-10H,1-3H3,(H2,21,22,23). The lowest BCUT2D eigenvalue weighted by Crippen LogP contribution is -2.12. The number of nitrogens with zero attached hydrogens (tertiary/aromatic N) is 3. The van der Waals surface area contributed by atoms with E-state index in [1.165, 1.54) is 6.07 Å². The molecule has 0 saturated heterocycles. The van der Waals surface area contributed by atoms with E-state index in [0.717, 1.165) is 5.39 Å². The maximum Gasteiger partial charge on any atom is 0.524 e. The number of hydrogen-bond donors (Lipinski definition) is 2. The predicted octanol–water partition coefficient (Wildman–Crippen LogP) is 2.84. The van der Waals surface area contributed by atoms with E-state index in [-0.39, 0.29) is 5.75 Å². The topological polar surface area (TPSA) is 105 Å². The summed E-state index contributed by atoms with van der Waals surface area (Å²) in [5.74, 6) is 1.64. The van der Waals surface area contributed by atoms with E-state index in [1.807, 2.05) is 25.1 Å². The monoisotopic (exact) mass is 375 g/mol. The Labute approximate surface area is 150 Å². The molecule has 2 aromatic carbocycles. The van der Waals surface area contributed by atoms with Crippen molar-refractivity contribution >= 4 is 24.5 Å². The highest BCUT2D eigenvalue weighted by atomic mass is 31.2. The molecule has 0 spiro atoms. The van der Waals surface area contributed by atoms with Crippen molar-refractivity contribution in [3.05, 3.63) is 42.5 Å². The molecule has 2 N–H and O–H groups in total. The van der Waals surface area contributed by atoms with E-state index in [9.17, 15) is 4.57 Å². The molecule has 8 nitrogen and oxygen atoms in total. The van der Waals surface area contributed by atoms with Crippen LogP contribution in [0.1, 0.15) is 0 Å². The second kappa shape index (κ2) is 6.92. The van der Waals surface area contributed by atoms with Crippen LogP contribution in [0, 0.1) is 0 Å². The molecule has 0 unspecified atom stereocenters. The van der Waals surface area contributed by atoms with Crippen LogP contribution >= 0.6 is 7.82 Å². The molecule has 1 aromatic heterocycles. The summed E-state index contributed by atoms with van der Waals surface area (Å²) in [5, 5.41) is 0.798. The van der Waals surface area contributed by atoms with Crippen LogP contribution in [-0.2, 0) is 4.57 Å². The van der Waals surface area contributed by atoms with E-state index < -0.39 is 7.82 Å². The zero-order valence-corrected chi connectivity index (χ0v) is 15.3. The van der Waals surface area contributed by atoms with Gasteiger partial charge in [0.15, 0.2) is 5.82 Å². The van der Waals surface area contributed by atoms with Crippen molar-refractivity contribution in [2.75, 3.05) is 26.1 Å². The van der Waals surface area contributed by atoms with Gasteiger partial charge >= 0.3 is 7.82 Å². The van der Waals surface area contributed by atoms with Crippen molar-refractivity contribution in [3.8, 4) is 22.9 Å². The van der Waals surface area contributed by atoms with Crippen LogP contribution in [-0.4, -0.2) is 41.0 Å². The van der Waals surface area contributed by atoms with E-state index in [4.69, 9.17) is 19.0 Å². The van der Waals surface area contributed by atoms with E-state index in [0.29, 0.717) is 28.5 Å². The number of benzene rings is 2. The van der Waals surface area contributed by atoms with Gasteiger partial charge in [0.05, 0.1) is 18.2 Å². The molecule has 26 heavy (non-hydrogen) atoms. The third-order valence-electron chi connectivity index (χ3n) is 3.65. The second-order valence-corrected chi connectivity index (χ2v) is 6.89. The number of hydrogen-bond acceptors (Lipinski definition) is 6. The first-order valence-corrected chi connectivity index (χ1v) is 9.19. The molecule has 0 atom stereocenters. The molecule has 3 aromatic rings. The predicted molar refractivity (Wildman–Crippen MR) is 98.5 cm³/mol. The van der Waals surface area contributed by atoms with Crippen LogP contribution in [0.3, 0.4) is 0 Å². The lowest BCUT2D eigenvalue weighted by atomic mass is 10.1. The van der Waals surface area contributed by atoms with E-state index in [2.05, 4.69) is 9.97 Å². The SMILES string of the molecule is COc1ccc2nc(-c3ccccc3OP(=O)(O)O)nc(N(C)C)c2c1. The zero-order valence-electron chi connectivity index (χ0n) is 14.4. The van der Waals surface area contributed by atoms with Gasteiger partial charge in [0, 0.05) is 19.5 Å². The van der Waals surface area contributed by atoms with Crippen LogP contribution < -0.4 is 14.2 Å². The minimum absolute atomic E-state index is 0.0124.